The average Bonchev–Trinajstić information content (AvgIpc) is 3.45. The van der Waals surface area contributed by atoms with Crippen molar-refractivity contribution in [2.75, 3.05) is 25.5 Å². The molecule has 2 atom stereocenters. The van der Waals surface area contributed by atoms with Gasteiger partial charge in [-0.25, -0.2) is 0 Å². The molecule has 0 bridgehead atoms. The summed E-state index contributed by atoms with van der Waals surface area (Å²) in [4.78, 5) is 42.0. The van der Waals surface area contributed by atoms with Crippen molar-refractivity contribution in [3.63, 3.8) is 0 Å². The van der Waals surface area contributed by atoms with Crippen LogP contribution in [-0.2, 0) is 20.8 Å². The summed E-state index contributed by atoms with van der Waals surface area (Å²) in [6.45, 7) is 6.88. The van der Waals surface area contributed by atoms with Gasteiger partial charge in [0.05, 0.1) is 18.3 Å². The quantitative estimate of drug-likeness (QED) is 0.242. The van der Waals surface area contributed by atoms with Crippen molar-refractivity contribution in [1.82, 2.24) is 14.8 Å². The summed E-state index contributed by atoms with van der Waals surface area (Å²) in [6, 6.07) is 17.9. The minimum Gasteiger partial charge on any atom is -0.497 e. The van der Waals surface area contributed by atoms with Gasteiger partial charge in [0.15, 0.2) is 0 Å². The Morgan fingerprint density at radius 2 is 1.64 bits per heavy atom. The number of hydrogen-bond donors (Lipinski definition) is 3. The molecule has 45 heavy (non-hydrogen) atoms. The number of nitrogens with two attached hydrogens (primary N) is 1. The molecule has 1 fully saturated rings. The summed E-state index contributed by atoms with van der Waals surface area (Å²) >= 11 is 0. The molecule has 0 saturated carbocycles. The number of likely N-dealkylation sites (tertiary alicyclic amines) is 1. The summed E-state index contributed by atoms with van der Waals surface area (Å²) in [5.74, 6) is 0.597. The van der Waals surface area contributed by atoms with Crippen molar-refractivity contribution >= 4 is 48.2 Å². The van der Waals surface area contributed by atoms with E-state index in [1.165, 1.54) is 5.56 Å². The molecule has 246 valence electrons. The number of aryl methyl sites for hydroxylation is 1. The molecule has 1 aromatic heterocycles. The highest BCUT2D eigenvalue weighted by atomic mass is 35.5. The number of anilines is 1. The molecule has 4 N–H and O–H groups in total. The zero-order chi connectivity index (χ0) is 31.0. The predicted octanol–water partition coefficient (Wildman–Crippen LogP) is 5.37. The van der Waals surface area contributed by atoms with Crippen LogP contribution >= 0.6 is 24.8 Å². The Bertz CT molecular complexity index is 1370. The molecule has 1 saturated heterocycles. The van der Waals surface area contributed by atoms with Crippen LogP contribution in [0.3, 0.4) is 0 Å². The van der Waals surface area contributed by atoms with Crippen LogP contribution in [0.2, 0.25) is 0 Å². The number of carbonyl (C=O) groups is 3. The fraction of sp³-hybridized carbons (Fsp3) is 0.441. The van der Waals surface area contributed by atoms with Crippen LogP contribution in [0, 0.1) is 5.92 Å². The van der Waals surface area contributed by atoms with E-state index < -0.39 is 23.5 Å². The largest absolute Gasteiger partial charge is 0.497 e. The van der Waals surface area contributed by atoms with Crippen LogP contribution in [-0.4, -0.2) is 59.0 Å². The second kappa shape index (κ2) is 17.2. The first-order valence-electron chi connectivity index (χ1n) is 15.1. The van der Waals surface area contributed by atoms with E-state index in [1.807, 2.05) is 64.1 Å². The van der Waals surface area contributed by atoms with Crippen LogP contribution in [0.15, 0.2) is 73.1 Å². The van der Waals surface area contributed by atoms with Gasteiger partial charge in [-0.3, -0.25) is 14.4 Å². The van der Waals surface area contributed by atoms with Gasteiger partial charge >= 0.3 is 0 Å². The monoisotopic (exact) mass is 659 g/mol. The summed E-state index contributed by atoms with van der Waals surface area (Å²) in [5, 5.41) is 5.80. The van der Waals surface area contributed by atoms with Crippen LogP contribution in [0.5, 0.6) is 5.75 Å². The van der Waals surface area contributed by atoms with Crippen LogP contribution in [0.25, 0.3) is 0 Å². The molecule has 0 spiro atoms. The van der Waals surface area contributed by atoms with Crippen molar-refractivity contribution in [2.45, 2.75) is 70.5 Å². The molecule has 2 aromatic carbocycles. The lowest BCUT2D eigenvalue weighted by Crippen LogP contribution is -2.54. The topological polar surface area (TPSA) is 119 Å². The predicted molar refractivity (Wildman–Crippen MR) is 183 cm³/mol. The lowest BCUT2D eigenvalue weighted by atomic mass is 9.97. The number of ether oxygens (including phenoxy) is 1. The summed E-state index contributed by atoms with van der Waals surface area (Å²) in [6.07, 6.45) is 7.47. The second-order valence-electron chi connectivity index (χ2n) is 12.1. The van der Waals surface area contributed by atoms with E-state index in [0.717, 1.165) is 37.9 Å². The Morgan fingerprint density at radius 1 is 1.00 bits per heavy atom. The summed E-state index contributed by atoms with van der Waals surface area (Å²) < 4.78 is 7.16. The highest BCUT2D eigenvalue weighted by Gasteiger charge is 2.31. The van der Waals surface area contributed by atoms with E-state index in [2.05, 4.69) is 17.6 Å². The SMILES string of the molecule is COc1ccc(C(C(=O)N2CCC(C)CC2)n2ccc(NC(=O)[C@@H](CCCc3ccccc3)NC(=O)C(C)(C)N)c2)cc1.Cl.Cl. The number of nitrogens with one attached hydrogen (secondary N) is 2. The number of halogens is 2. The number of methoxy groups -OCH3 is 1. The number of rotatable bonds is 12. The van der Waals surface area contributed by atoms with E-state index in [9.17, 15) is 14.4 Å². The van der Waals surface area contributed by atoms with Gasteiger partial charge in [0.1, 0.15) is 17.8 Å². The van der Waals surface area contributed by atoms with Crippen LogP contribution < -0.4 is 21.1 Å². The molecular weight excluding hydrogens is 613 g/mol. The maximum Gasteiger partial charge on any atom is 0.250 e. The first-order valence-corrected chi connectivity index (χ1v) is 15.1. The molecule has 3 aromatic rings. The lowest BCUT2D eigenvalue weighted by molar-refractivity contribution is -0.135. The summed E-state index contributed by atoms with van der Waals surface area (Å²) in [7, 11) is 1.61. The van der Waals surface area contributed by atoms with Crippen molar-refractivity contribution in [3.8, 4) is 5.75 Å². The fourth-order valence-electron chi connectivity index (χ4n) is 5.28. The van der Waals surface area contributed by atoms with E-state index in [-0.39, 0.29) is 36.6 Å². The minimum absolute atomic E-state index is 0. The first kappa shape index (κ1) is 37.7. The number of aromatic nitrogens is 1. The van der Waals surface area contributed by atoms with Crippen LogP contribution in [0.4, 0.5) is 5.69 Å². The highest BCUT2D eigenvalue weighted by Crippen LogP contribution is 2.28. The van der Waals surface area contributed by atoms with Gasteiger partial charge in [-0.1, -0.05) is 49.4 Å². The van der Waals surface area contributed by atoms with Crippen molar-refractivity contribution < 1.29 is 19.1 Å². The third kappa shape index (κ3) is 10.5. The molecule has 3 amide bonds. The maximum absolute atomic E-state index is 13.9. The van der Waals surface area contributed by atoms with Gasteiger partial charge in [0, 0.05) is 25.5 Å². The molecule has 1 aliphatic heterocycles. The van der Waals surface area contributed by atoms with Crippen molar-refractivity contribution in [3.05, 3.63) is 84.2 Å². The Labute approximate surface area is 279 Å². The van der Waals surface area contributed by atoms with Crippen molar-refractivity contribution in [2.24, 2.45) is 11.7 Å². The molecule has 1 aliphatic rings. The third-order valence-corrected chi connectivity index (χ3v) is 8.05. The second-order valence-corrected chi connectivity index (χ2v) is 12.1. The van der Waals surface area contributed by atoms with Gasteiger partial charge in [0.25, 0.3) is 0 Å². The van der Waals surface area contributed by atoms with E-state index in [4.69, 9.17) is 10.5 Å². The Hall–Kier alpha value is -3.53. The fourth-order valence-corrected chi connectivity index (χ4v) is 5.28. The van der Waals surface area contributed by atoms with Crippen LogP contribution in [0.1, 0.15) is 63.6 Å². The van der Waals surface area contributed by atoms with Gasteiger partial charge in [-0.05, 0) is 81.2 Å². The standard InChI is InChI=1S/C34H45N5O4.2ClH/c1-24-17-20-38(21-18-24)32(41)30(26-13-15-28(43-4)16-14-26)39-22-19-27(23-39)36-31(40)29(37-33(42)34(2,3)35)12-8-11-25-9-6-5-7-10-25;;/h5-7,9-10,13-16,19,22-24,29-30H,8,11-12,17-18,20-21,35H2,1-4H3,(H,36,40)(H,37,42);2*1H/t29-,30?;;/m1../s1. The molecular formula is C34H47Cl2N5O4. The highest BCUT2D eigenvalue weighted by molar-refractivity contribution is 5.98. The number of carbonyl (C=O) groups excluding carboxylic acids is 3. The molecule has 9 nitrogen and oxygen atoms in total. The van der Waals surface area contributed by atoms with Gasteiger partial charge < -0.3 is 30.6 Å². The van der Waals surface area contributed by atoms with Gasteiger partial charge in [-0.2, -0.15) is 0 Å². The van der Waals surface area contributed by atoms with Gasteiger partial charge in [-0.15, -0.1) is 24.8 Å². The number of benzene rings is 2. The zero-order valence-corrected chi connectivity index (χ0v) is 28.2. The average molecular weight is 661 g/mol. The zero-order valence-electron chi connectivity index (χ0n) is 26.5. The van der Waals surface area contributed by atoms with Crippen molar-refractivity contribution in [1.29, 1.82) is 0 Å². The first-order chi connectivity index (χ1) is 20.5. The van der Waals surface area contributed by atoms with E-state index >= 15 is 0 Å². The normalized spacial score (nSPS) is 14.7. The smallest absolute Gasteiger partial charge is 0.250 e. The van der Waals surface area contributed by atoms with E-state index in [1.54, 1.807) is 39.4 Å². The number of nitrogens with zero attached hydrogens (tertiary/aromatic N) is 2. The Balaban J connectivity index is 0.00000353. The summed E-state index contributed by atoms with van der Waals surface area (Å²) in [5.41, 5.74) is 7.43. The Kier molecular flexibility index (Phi) is 14.4. The number of amides is 3. The minimum atomic E-state index is -1.13. The number of piperidine rings is 1. The molecule has 0 radical (unpaired) electrons. The van der Waals surface area contributed by atoms with E-state index in [0.29, 0.717) is 30.2 Å². The Morgan fingerprint density at radius 3 is 2.24 bits per heavy atom. The maximum atomic E-state index is 13.9. The van der Waals surface area contributed by atoms with Gasteiger partial charge in [0.2, 0.25) is 17.7 Å². The number of hydrogen-bond acceptors (Lipinski definition) is 5. The molecule has 0 aliphatic carbocycles. The molecule has 2 heterocycles. The molecule has 11 heteroatoms. The molecule has 4 rings (SSSR count). The lowest BCUT2D eigenvalue weighted by Gasteiger charge is -2.33. The third-order valence-electron chi connectivity index (χ3n) is 8.05. The molecule has 1 unspecified atom stereocenters.